The average molecular weight is 388 g/mol. The molecule has 3 heterocycles. The molecular weight excluding hydrogens is 372 g/mol. The number of para-hydroxylation sites is 3. The van der Waals surface area contributed by atoms with Crippen molar-refractivity contribution in [1.82, 2.24) is 9.55 Å². The number of fused-ring (bicyclic) bond motifs is 8. The van der Waals surface area contributed by atoms with Crippen molar-refractivity contribution >= 4 is 33.0 Å². The molecule has 30 heavy (non-hydrogen) atoms. The summed E-state index contributed by atoms with van der Waals surface area (Å²) in [5.74, 6) is 1.82. The highest BCUT2D eigenvalue weighted by Crippen LogP contribution is 2.36. The summed E-state index contributed by atoms with van der Waals surface area (Å²) in [6.45, 7) is 0.480. The Labute approximate surface area is 171 Å². The largest absolute Gasteiger partial charge is 0.483 e. The van der Waals surface area contributed by atoms with E-state index >= 15 is 0 Å². The zero-order valence-corrected chi connectivity index (χ0v) is 16.0. The van der Waals surface area contributed by atoms with Crippen LogP contribution in [0, 0.1) is 0 Å². The fourth-order valence-corrected chi connectivity index (χ4v) is 4.48. The third-order valence-electron chi connectivity index (χ3n) is 5.90. The van der Waals surface area contributed by atoms with Crippen molar-refractivity contribution in [1.29, 1.82) is 0 Å². The van der Waals surface area contributed by atoms with E-state index in [1.165, 1.54) is 0 Å². The smallest absolute Gasteiger partial charge is 0.152 e. The van der Waals surface area contributed by atoms with Crippen LogP contribution in [-0.4, -0.2) is 9.55 Å². The molecule has 0 unspecified atom stereocenters. The highest BCUT2D eigenvalue weighted by molar-refractivity contribution is 6.06. The van der Waals surface area contributed by atoms with Gasteiger partial charge in [-0.15, -0.1) is 0 Å². The van der Waals surface area contributed by atoms with Crippen molar-refractivity contribution in [3.8, 4) is 22.6 Å². The van der Waals surface area contributed by atoms with E-state index in [1.807, 2.05) is 36.4 Å². The minimum atomic E-state index is 0.480. The fourth-order valence-electron chi connectivity index (χ4n) is 4.48. The lowest BCUT2D eigenvalue weighted by molar-refractivity contribution is 0.280. The molecule has 7 rings (SSSR count). The van der Waals surface area contributed by atoms with E-state index in [4.69, 9.17) is 14.1 Å². The van der Waals surface area contributed by atoms with Gasteiger partial charge in [-0.2, -0.15) is 0 Å². The van der Waals surface area contributed by atoms with Crippen molar-refractivity contribution in [2.75, 3.05) is 0 Å². The van der Waals surface area contributed by atoms with Gasteiger partial charge in [0.05, 0.1) is 16.7 Å². The molecule has 0 atom stereocenters. The van der Waals surface area contributed by atoms with Gasteiger partial charge in [0.15, 0.2) is 5.82 Å². The van der Waals surface area contributed by atoms with Crippen LogP contribution in [0.3, 0.4) is 0 Å². The molecule has 0 fully saturated rings. The molecule has 0 saturated heterocycles. The van der Waals surface area contributed by atoms with Crippen LogP contribution < -0.4 is 4.74 Å². The topological polar surface area (TPSA) is 40.2 Å². The van der Waals surface area contributed by atoms with E-state index in [0.717, 1.165) is 61.4 Å². The third-order valence-corrected chi connectivity index (χ3v) is 5.90. The van der Waals surface area contributed by atoms with Crippen molar-refractivity contribution in [3.63, 3.8) is 0 Å². The van der Waals surface area contributed by atoms with Gasteiger partial charge in [-0.25, -0.2) is 4.98 Å². The lowest BCUT2D eigenvalue weighted by atomic mass is 10.0. The molecule has 142 valence electrons. The van der Waals surface area contributed by atoms with Gasteiger partial charge in [-0.1, -0.05) is 42.5 Å². The molecule has 0 saturated carbocycles. The van der Waals surface area contributed by atoms with Crippen molar-refractivity contribution in [2.45, 2.75) is 6.61 Å². The number of hydrogen-bond acceptors (Lipinski definition) is 3. The number of rotatable bonds is 1. The van der Waals surface area contributed by atoms with E-state index in [0.29, 0.717) is 6.61 Å². The van der Waals surface area contributed by atoms with Crippen molar-refractivity contribution < 1.29 is 9.15 Å². The maximum absolute atomic E-state index is 5.99. The number of ether oxygens (including phenoxy) is 1. The van der Waals surface area contributed by atoms with Crippen LogP contribution in [0.4, 0.5) is 0 Å². The number of nitrogens with zero attached hydrogens (tertiary/aromatic N) is 2. The Kier molecular flexibility index (Phi) is 3.03. The SMILES string of the molecule is c1ccc2c(c1)OCc1nc3ccc(-c4ccc5oc6ccccc6c5c4)cc3n1-2. The van der Waals surface area contributed by atoms with Gasteiger partial charge in [0.2, 0.25) is 0 Å². The van der Waals surface area contributed by atoms with E-state index in [1.54, 1.807) is 0 Å². The van der Waals surface area contributed by atoms with E-state index in [9.17, 15) is 0 Å². The first-order valence-electron chi connectivity index (χ1n) is 10.0. The molecule has 0 radical (unpaired) electrons. The van der Waals surface area contributed by atoms with Gasteiger partial charge >= 0.3 is 0 Å². The lowest BCUT2D eigenvalue weighted by Gasteiger charge is -2.19. The maximum Gasteiger partial charge on any atom is 0.152 e. The molecule has 1 aliphatic rings. The second kappa shape index (κ2) is 5.74. The molecule has 4 nitrogen and oxygen atoms in total. The van der Waals surface area contributed by atoms with Gasteiger partial charge < -0.3 is 9.15 Å². The number of imidazole rings is 1. The van der Waals surface area contributed by atoms with E-state index in [-0.39, 0.29) is 0 Å². The van der Waals surface area contributed by atoms with E-state index < -0.39 is 0 Å². The predicted octanol–water partition coefficient (Wildman–Crippen LogP) is 6.48. The van der Waals surface area contributed by atoms with Gasteiger partial charge in [0.25, 0.3) is 0 Å². The van der Waals surface area contributed by atoms with Gasteiger partial charge in [-0.05, 0) is 53.6 Å². The normalized spacial score (nSPS) is 12.8. The number of aromatic nitrogens is 2. The number of benzene rings is 4. The first-order chi connectivity index (χ1) is 14.8. The summed E-state index contributed by atoms with van der Waals surface area (Å²) in [5, 5.41) is 2.28. The molecule has 0 spiro atoms. The van der Waals surface area contributed by atoms with Crippen LogP contribution in [-0.2, 0) is 6.61 Å². The van der Waals surface area contributed by atoms with Crippen LogP contribution in [0.2, 0.25) is 0 Å². The standard InChI is InChI=1S/C26H16N2O2/c1-3-7-23-18(5-1)19-13-16(10-12-24(19)30-23)17-9-11-20-22(14-17)28-21-6-2-4-8-25(21)29-15-26(28)27-20/h1-14H,15H2. The Hall–Kier alpha value is -4.05. The van der Waals surface area contributed by atoms with Crippen LogP contribution in [0.15, 0.2) is 89.3 Å². The summed E-state index contributed by atoms with van der Waals surface area (Å²) < 4.78 is 14.1. The molecule has 0 amide bonds. The number of furan rings is 1. The molecule has 4 heteroatoms. The summed E-state index contributed by atoms with van der Waals surface area (Å²) in [5.41, 5.74) is 7.25. The minimum Gasteiger partial charge on any atom is -0.483 e. The summed E-state index contributed by atoms with van der Waals surface area (Å²) in [7, 11) is 0. The molecule has 6 aromatic rings. The number of hydrogen-bond donors (Lipinski definition) is 0. The highest BCUT2D eigenvalue weighted by Gasteiger charge is 2.21. The highest BCUT2D eigenvalue weighted by atomic mass is 16.5. The van der Waals surface area contributed by atoms with Crippen LogP contribution in [0.5, 0.6) is 5.75 Å². The molecule has 0 aliphatic carbocycles. The van der Waals surface area contributed by atoms with Gasteiger partial charge in [0.1, 0.15) is 23.5 Å². The van der Waals surface area contributed by atoms with Crippen LogP contribution in [0.25, 0.3) is 49.8 Å². The second-order valence-corrected chi connectivity index (χ2v) is 7.63. The third kappa shape index (κ3) is 2.13. The van der Waals surface area contributed by atoms with Crippen molar-refractivity contribution in [2.24, 2.45) is 0 Å². The molecule has 0 bridgehead atoms. The summed E-state index contributed by atoms with van der Waals surface area (Å²) in [6, 6.07) is 29.1. The zero-order chi connectivity index (χ0) is 19.7. The van der Waals surface area contributed by atoms with E-state index in [2.05, 4.69) is 53.1 Å². The summed E-state index contributed by atoms with van der Waals surface area (Å²) in [6.07, 6.45) is 0. The summed E-state index contributed by atoms with van der Waals surface area (Å²) in [4.78, 5) is 4.79. The molecular formula is C26H16N2O2. The Morgan fingerprint density at radius 3 is 2.53 bits per heavy atom. The van der Waals surface area contributed by atoms with Crippen LogP contribution in [0.1, 0.15) is 5.82 Å². The summed E-state index contributed by atoms with van der Waals surface area (Å²) >= 11 is 0. The quantitative estimate of drug-likeness (QED) is 0.323. The Bertz CT molecular complexity index is 1610. The molecule has 1 aliphatic heterocycles. The second-order valence-electron chi connectivity index (χ2n) is 7.63. The molecule has 4 aromatic carbocycles. The Morgan fingerprint density at radius 2 is 1.53 bits per heavy atom. The first kappa shape index (κ1) is 15.8. The monoisotopic (exact) mass is 388 g/mol. The Morgan fingerprint density at radius 1 is 0.733 bits per heavy atom. The first-order valence-corrected chi connectivity index (χ1v) is 10.0. The molecule has 2 aromatic heterocycles. The predicted molar refractivity (Wildman–Crippen MR) is 118 cm³/mol. The zero-order valence-electron chi connectivity index (χ0n) is 16.0. The van der Waals surface area contributed by atoms with Gasteiger partial charge in [0, 0.05) is 10.8 Å². The average Bonchev–Trinajstić information content (AvgIpc) is 3.36. The van der Waals surface area contributed by atoms with Crippen molar-refractivity contribution in [3.05, 3.63) is 90.8 Å². The Balaban J connectivity index is 1.46. The fraction of sp³-hybridized carbons (Fsp3) is 0.0385. The molecule has 0 N–H and O–H groups in total. The lowest BCUT2D eigenvalue weighted by Crippen LogP contribution is -2.12. The van der Waals surface area contributed by atoms with Crippen LogP contribution >= 0.6 is 0 Å². The minimum absolute atomic E-state index is 0.480. The maximum atomic E-state index is 5.99. The van der Waals surface area contributed by atoms with Gasteiger partial charge in [-0.3, -0.25) is 4.57 Å².